The smallest absolute Gasteiger partial charge is 0.190 e. The summed E-state index contributed by atoms with van der Waals surface area (Å²) in [5.41, 5.74) is 0. The van der Waals surface area contributed by atoms with Gasteiger partial charge < -0.3 is 0 Å². The molecule has 1 heterocycles. The van der Waals surface area contributed by atoms with Gasteiger partial charge in [0, 0.05) is 12.1 Å². The quantitative estimate of drug-likeness (QED) is 0.239. The van der Waals surface area contributed by atoms with Crippen molar-refractivity contribution < 1.29 is 14.3 Å². The molecule has 74 valence electrons. The van der Waals surface area contributed by atoms with Crippen molar-refractivity contribution in [2.45, 2.75) is 6.92 Å². The molecule has 0 bridgehead atoms. The molecule has 3 nitrogen and oxygen atoms in total. The highest BCUT2D eigenvalue weighted by Gasteiger charge is 1.98. The molecule has 0 amide bonds. The second-order valence-corrected chi connectivity index (χ2v) is 2.76. The Balaban J connectivity index is 2.53. The average molecular weight is 192 g/mol. The molecule has 0 unspecified atom stereocenters. The van der Waals surface area contributed by atoms with Crippen molar-refractivity contribution in [3.63, 3.8) is 0 Å². The molecule has 0 saturated carbocycles. The van der Waals surface area contributed by atoms with Crippen LogP contribution in [0.2, 0.25) is 0 Å². The van der Waals surface area contributed by atoms with Crippen molar-refractivity contribution in [2.75, 3.05) is 0 Å². The summed E-state index contributed by atoms with van der Waals surface area (Å²) in [5, 5.41) is 0. The lowest BCUT2D eigenvalue weighted by molar-refractivity contribution is -0.671. The maximum absolute atomic E-state index is 5.05. The molecular formula is C11H14NO2+. The largest absolute Gasteiger partial charge is 0.290 e. The second-order valence-electron chi connectivity index (χ2n) is 2.76. The Kier molecular flexibility index (Phi) is 3.73. The highest BCUT2D eigenvalue weighted by Crippen LogP contribution is 2.09. The van der Waals surface area contributed by atoms with Gasteiger partial charge in [0.15, 0.2) is 23.9 Å². The van der Waals surface area contributed by atoms with Crippen molar-refractivity contribution >= 4 is 0 Å². The Bertz CT molecular complexity index is 328. The second kappa shape index (κ2) is 5.07. The number of hydrogen-bond acceptors (Lipinski definition) is 2. The summed E-state index contributed by atoms with van der Waals surface area (Å²) >= 11 is 0. The van der Waals surface area contributed by atoms with Gasteiger partial charge >= 0.3 is 0 Å². The van der Waals surface area contributed by atoms with Crippen LogP contribution in [0.1, 0.15) is 6.92 Å². The van der Waals surface area contributed by atoms with E-state index in [1.807, 2.05) is 43.1 Å². The zero-order valence-electron chi connectivity index (χ0n) is 8.43. The molecule has 1 aromatic heterocycles. The number of nitrogens with zero attached hydrogens (tertiary/aromatic N) is 1. The number of rotatable bonds is 4. The molecule has 0 saturated heterocycles. The lowest BCUT2D eigenvalue weighted by atomic mass is 10.4. The van der Waals surface area contributed by atoms with Gasteiger partial charge in [0.2, 0.25) is 0 Å². The van der Waals surface area contributed by atoms with Gasteiger partial charge in [0.05, 0.1) is 0 Å². The van der Waals surface area contributed by atoms with Crippen LogP contribution in [0.5, 0.6) is 5.75 Å². The van der Waals surface area contributed by atoms with Gasteiger partial charge in [-0.25, -0.2) is 4.57 Å². The third kappa shape index (κ3) is 2.94. The van der Waals surface area contributed by atoms with Crippen molar-refractivity contribution in [1.82, 2.24) is 0 Å². The third-order valence-electron chi connectivity index (χ3n) is 1.67. The number of aryl methyl sites for hydroxylation is 1. The van der Waals surface area contributed by atoms with Crippen LogP contribution in [0.25, 0.3) is 0 Å². The summed E-state index contributed by atoms with van der Waals surface area (Å²) in [6.07, 6.45) is 7.11. The van der Waals surface area contributed by atoms with Gasteiger partial charge in [-0.1, -0.05) is 6.58 Å². The molecule has 0 radical (unpaired) electrons. The summed E-state index contributed by atoms with van der Waals surface area (Å²) in [6, 6.07) is 3.63. The number of hydrogen-bond donors (Lipinski definition) is 0. The molecule has 0 fully saturated rings. The van der Waals surface area contributed by atoms with Gasteiger partial charge in [0.25, 0.3) is 0 Å². The van der Waals surface area contributed by atoms with Gasteiger partial charge in [-0.05, 0) is 19.1 Å². The molecule has 0 aromatic carbocycles. The van der Waals surface area contributed by atoms with E-state index in [9.17, 15) is 0 Å². The summed E-state index contributed by atoms with van der Waals surface area (Å²) in [6.45, 7) is 5.43. The monoisotopic (exact) mass is 192 g/mol. The zero-order valence-corrected chi connectivity index (χ0v) is 8.43. The summed E-state index contributed by atoms with van der Waals surface area (Å²) in [5.74, 6) is 1.25. The highest BCUT2D eigenvalue weighted by atomic mass is 17.2. The van der Waals surface area contributed by atoms with Crippen LogP contribution >= 0.6 is 0 Å². The van der Waals surface area contributed by atoms with Crippen LogP contribution in [0, 0.1) is 0 Å². The zero-order chi connectivity index (χ0) is 10.4. The van der Waals surface area contributed by atoms with Crippen LogP contribution in [0.4, 0.5) is 0 Å². The van der Waals surface area contributed by atoms with E-state index in [-0.39, 0.29) is 0 Å². The fourth-order valence-corrected chi connectivity index (χ4v) is 0.839. The Morgan fingerprint density at radius 1 is 1.43 bits per heavy atom. The summed E-state index contributed by atoms with van der Waals surface area (Å²) in [7, 11) is 1.94. The van der Waals surface area contributed by atoms with Gasteiger partial charge in [0.1, 0.15) is 7.05 Å². The number of allylic oxidation sites excluding steroid dienone is 2. The molecule has 0 atom stereocenters. The van der Waals surface area contributed by atoms with Crippen LogP contribution in [-0.2, 0) is 11.9 Å². The van der Waals surface area contributed by atoms with E-state index in [1.54, 1.807) is 12.2 Å². The molecule has 0 aliphatic heterocycles. The van der Waals surface area contributed by atoms with Gasteiger partial charge in [-0.15, -0.1) is 0 Å². The molecule has 1 rings (SSSR count). The predicted molar refractivity (Wildman–Crippen MR) is 53.3 cm³/mol. The maximum atomic E-state index is 5.05. The normalized spacial score (nSPS) is 10.9. The first kappa shape index (κ1) is 10.3. The topological polar surface area (TPSA) is 22.3 Å². The summed E-state index contributed by atoms with van der Waals surface area (Å²) in [4.78, 5) is 10.1. The minimum Gasteiger partial charge on any atom is -0.290 e. The van der Waals surface area contributed by atoms with Crippen molar-refractivity contribution in [2.24, 2.45) is 7.05 Å². The van der Waals surface area contributed by atoms with E-state index < -0.39 is 0 Å². The molecule has 3 heteroatoms. The molecule has 0 spiro atoms. The van der Waals surface area contributed by atoms with E-state index in [0.717, 1.165) is 0 Å². The fraction of sp³-hybridized carbons (Fsp3) is 0.182. The molecule has 14 heavy (non-hydrogen) atoms. The first-order chi connectivity index (χ1) is 6.76. The minimum absolute atomic E-state index is 0.596. The van der Waals surface area contributed by atoms with E-state index in [2.05, 4.69) is 6.58 Å². The average Bonchev–Trinajstić information content (AvgIpc) is 2.22. The summed E-state index contributed by atoms with van der Waals surface area (Å²) < 4.78 is 1.91. The molecule has 0 aliphatic carbocycles. The molecule has 0 aliphatic rings. The third-order valence-corrected chi connectivity index (χ3v) is 1.67. The molecular weight excluding hydrogens is 178 g/mol. The Morgan fingerprint density at radius 3 is 2.57 bits per heavy atom. The first-order valence-corrected chi connectivity index (χ1v) is 4.35. The van der Waals surface area contributed by atoms with E-state index >= 15 is 0 Å². The standard InChI is InChI=1S/C11H14NO2/c1-4-10(5-2)13-14-11-6-8-12(3)9-7-11/h4-9H,1H2,2-3H3/q+1/b10-5-. The molecule has 0 N–H and O–H groups in total. The Morgan fingerprint density at radius 2 is 2.07 bits per heavy atom. The van der Waals surface area contributed by atoms with E-state index in [0.29, 0.717) is 11.5 Å². The Labute approximate surface area is 83.8 Å². The SMILES string of the molecule is C=C/C(=C/C)OOc1cc[n+](C)cc1. The first-order valence-electron chi connectivity index (χ1n) is 4.35. The fourth-order valence-electron chi connectivity index (χ4n) is 0.839. The predicted octanol–water partition coefficient (Wildman–Crippen LogP) is 1.91. The van der Waals surface area contributed by atoms with E-state index in [4.69, 9.17) is 9.78 Å². The van der Waals surface area contributed by atoms with Crippen LogP contribution in [0.3, 0.4) is 0 Å². The van der Waals surface area contributed by atoms with Gasteiger partial charge in [-0.2, -0.15) is 0 Å². The van der Waals surface area contributed by atoms with E-state index in [1.165, 1.54) is 0 Å². The Hall–Kier alpha value is -1.77. The number of aromatic nitrogens is 1. The minimum atomic E-state index is 0.596. The van der Waals surface area contributed by atoms with Crippen LogP contribution in [-0.4, -0.2) is 0 Å². The van der Waals surface area contributed by atoms with Crippen LogP contribution in [0.15, 0.2) is 49.0 Å². The maximum Gasteiger partial charge on any atom is 0.190 e. The number of pyridine rings is 1. The van der Waals surface area contributed by atoms with Crippen LogP contribution < -0.4 is 9.45 Å². The molecule has 1 aromatic rings. The van der Waals surface area contributed by atoms with Crippen molar-refractivity contribution in [1.29, 1.82) is 0 Å². The lowest BCUT2D eigenvalue weighted by Crippen LogP contribution is -2.25. The highest BCUT2D eigenvalue weighted by molar-refractivity contribution is 5.14. The lowest BCUT2D eigenvalue weighted by Gasteiger charge is -2.04. The van der Waals surface area contributed by atoms with Crippen molar-refractivity contribution in [3.05, 3.63) is 49.0 Å². The van der Waals surface area contributed by atoms with Crippen molar-refractivity contribution in [3.8, 4) is 5.75 Å². The van der Waals surface area contributed by atoms with Gasteiger partial charge in [-0.3, -0.25) is 9.78 Å².